The van der Waals surface area contributed by atoms with Gasteiger partial charge < -0.3 is 10.3 Å². The number of hydrogen-bond donors (Lipinski definition) is 3. The van der Waals surface area contributed by atoms with Crippen molar-refractivity contribution < 1.29 is 4.79 Å². The molecule has 1 amide bonds. The zero-order chi connectivity index (χ0) is 14.1. The lowest BCUT2D eigenvalue weighted by Crippen LogP contribution is -2.23. The highest BCUT2D eigenvalue weighted by Crippen LogP contribution is 2.21. The molecule has 2 heterocycles. The van der Waals surface area contributed by atoms with E-state index < -0.39 is 0 Å². The number of H-pyrrole nitrogens is 2. The smallest absolute Gasteiger partial charge is 0.253 e. The van der Waals surface area contributed by atoms with Crippen LogP contribution in [0.4, 0.5) is 0 Å². The Morgan fingerprint density at radius 3 is 2.80 bits per heavy atom. The van der Waals surface area contributed by atoms with Gasteiger partial charge in [0.1, 0.15) is 0 Å². The van der Waals surface area contributed by atoms with Gasteiger partial charge in [0.2, 0.25) is 0 Å². The average molecular weight is 268 g/mol. The monoisotopic (exact) mass is 268 g/mol. The fraction of sp³-hybridized carbons (Fsp3) is 0.200. The summed E-state index contributed by atoms with van der Waals surface area (Å²) in [6.45, 7) is 4.32. The van der Waals surface area contributed by atoms with E-state index >= 15 is 0 Å². The van der Waals surface area contributed by atoms with Gasteiger partial charge in [-0.05, 0) is 19.9 Å². The van der Waals surface area contributed by atoms with Crippen molar-refractivity contribution in [2.24, 2.45) is 0 Å². The fourth-order valence-electron chi connectivity index (χ4n) is 2.39. The Morgan fingerprint density at radius 2 is 2.05 bits per heavy atom. The molecular weight excluding hydrogens is 252 g/mol. The van der Waals surface area contributed by atoms with Crippen molar-refractivity contribution in [1.82, 2.24) is 20.5 Å². The SMILES string of the molecule is Cc1[nH]ncc1CNC(=O)c1c(C)[nH]c2ccccc12. The summed E-state index contributed by atoms with van der Waals surface area (Å²) in [5.41, 5.74) is 4.54. The molecule has 20 heavy (non-hydrogen) atoms. The number of amides is 1. The number of aromatic amines is 2. The molecule has 3 N–H and O–H groups in total. The van der Waals surface area contributed by atoms with Gasteiger partial charge in [-0.1, -0.05) is 18.2 Å². The van der Waals surface area contributed by atoms with Crippen LogP contribution >= 0.6 is 0 Å². The van der Waals surface area contributed by atoms with Crippen LogP contribution < -0.4 is 5.32 Å². The van der Waals surface area contributed by atoms with Gasteiger partial charge in [-0.25, -0.2) is 0 Å². The molecule has 0 atom stereocenters. The predicted octanol–water partition coefficient (Wildman–Crippen LogP) is 2.44. The molecule has 0 aliphatic carbocycles. The average Bonchev–Trinajstić information content (AvgIpc) is 2.98. The van der Waals surface area contributed by atoms with Gasteiger partial charge in [-0.15, -0.1) is 0 Å². The highest BCUT2D eigenvalue weighted by molar-refractivity contribution is 6.08. The second-order valence-corrected chi connectivity index (χ2v) is 4.87. The number of fused-ring (bicyclic) bond motifs is 1. The van der Waals surface area contributed by atoms with Crippen LogP contribution in [0.5, 0.6) is 0 Å². The number of carbonyl (C=O) groups is 1. The van der Waals surface area contributed by atoms with Crippen LogP contribution in [0, 0.1) is 13.8 Å². The molecule has 102 valence electrons. The maximum atomic E-state index is 12.4. The zero-order valence-electron chi connectivity index (χ0n) is 11.4. The second-order valence-electron chi connectivity index (χ2n) is 4.87. The molecule has 0 saturated carbocycles. The van der Waals surface area contributed by atoms with E-state index in [0.717, 1.165) is 27.9 Å². The number of rotatable bonds is 3. The molecule has 5 heteroatoms. The summed E-state index contributed by atoms with van der Waals surface area (Å²) in [4.78, 5) is 15.6. The van der Waals surface area contributed by atoms with E-state index in [1.165, 1.54) is 0 Å². The molecule has 0 unspecified atom stereocenters. The highest BCUT2D eigenvalue weighted by Gasteiger charge is 2.15. The van der Waals surface area contributed by atoms with E-state index in [2.05, 4.69) is 20.5 Å². The van der Waals surface area contributed by atoms with E-state index in [4.69, 9.17) is 0 Å². The third-order valence-corrected chi connectivity index (χ3v) is 3.49. The van der Waals surface area contributed by atoms with Gasteiger partial charge >= 0.3 is 0 Å². The van der Waals surface area contributed by atoms with Gasteiger partial charge in [0.05, 0.1) is 11.8 Å². The summed E-state index contributed by atoms with van der Waals surface area (Å²) in [7, 11) is 0. The first kappa shape index (κ1) is 12.5. The summed E-state index contributed by atoms with van der Waals surface area (Å²) >= 11 is 0. The number of aromatic nitrogens is 3. The third kappa shape index (κ3) is 2.07. The number of para-hydroxylation sites is 1. The molecule has 5 nitrogen and oxygen atoms in total. The lowest BCUT2D eigenvalue weighted by Gasteiger charge is -2.04. The van der Waals surface area contributed by atoms with Crippen LogP contribution in [-0.2, 0) is 6.54 Å². The van der Waals surface area contributed by atoms with Crippen molar-refractivity contribution in [2.75, 3.05) is 0 Å². The Kier molecular flexibility index (Phi) is 3.02. The van der Waals surface area contributed by atoms with E-state index in [1.54, 1.807) is 6.20 Å². The number of hydrogen-bond acceptors (Lipinski definition) is 2. The first-order valence-corrected chi connectivity index (χ1v) is 6.51. The third-order valence-electron chi connectivity index (χ3n) is 3.49. The second kappa shape index (κ2) is 4.85. The van der Waals surface area contributed by atoms with Gasteiger partial charge in [0, 0.05) is 34.4 Å². The summed E-state index contributed by atoms with van der Waals surface area (Å²) in [5, 5.41) is 10.7. The lowest BCUT2D eigenvalue weighted by atomic mass is 10.1. The Morgan fingerprint density at radius 1 is 1.25 bits per heavy atom. The molecule has 3 aromatic rings. The minimum Gasteiger partial charge on any atom is -0.358 e. The van der Waals surface area contributed by atoms with Crippen molar-refractivity contribution in [3.63, 3.8) is 0 Å². The van der Waals surface area contributed by atoms with E-state index in [0.29, 0.717) is 12.1 Å². The molecule has 0 aliphatic heterocycles. The molecule has 0 aliphatic rings. The largest absolute Gasteiger partial charge is 0.358 e. The number of benzene rings is 1. The van der Waals surface area contributed by atoms with Gasteiger partial charge in [-0.3, -0.25) is 9.89 Å². The number of aryl methyl sites for hydroxylation is 2. The van der Waals surface area contributed by atoms with Crippen LogP contribution in [0.25, 0.3) is 10.9 Å². The summed E-state index contributed by atoms with van der Waals surface area (Å²) in [5.74, 6) is -0.0689. The van der Waals surface area contributed by atoms with Crippen molar-refractivity contribution in [2.45, 2.75) is 20.4 Å². The van der Waals surface area contributed by atoms with Crippen LogP contribution in [0.1, 0.15) is 27.3 Å². The number of nitrogens with one attached hydrogen (secondary N) is 3. The standard InChI is InChI=1S/C15H16N4O/c1-9-11(8-17-19-9)7-16-15(20)14-10(2)18-13-6-4-3-5-12(13)14/h3-6,8,18H,7H2,1-2H3,(H,16,20)(H,17,19). The Labute approximate surface area is 116 Å². The number of carbonyl (C=O) groups excluding carboxylic acids is 1. The van der Waals surface area contributed by atoms with Crippen LogP contribution in [0.15, 0.2) is 30.5 Å². The Balaban J connectivity index is 1.86. The molecule has 0 saturated heterocycles. The summed E-state index contributed by atoms with van der Waals surface area (Å²) < 4.78 is 0. The quantitative estimate of drug-likeness (QED) is 0.682. The minimum atomic E-state index is -0.0689. The molecule has 2 aromatic heterocycles. The lowest BCUT2D eigenvalue weighted by molar-refractivity contribution is 0.0952. The molecule has 0 radical (unpaired) electrons. The highest BCUT2D eigenvalue weighted by atomic mass is 16.1. The molecule has 0 spiro atoms. The van der Waals surface area contributed by atoms with Crippen LogP contribution in [0.2, 0.25) is 0 Å². The normalized spacial score (nSPS) is 10.9. The summed E-state index contributed by atoms with van der Waals surface area (Å²) in [6, 6.07) is 7.82. The van der Waals surface area contributed by atoms with Crippen molar-refractivity contribution >= 4 is 16.8 Å². The fourth-order valence-corrected chi connectivity index (χ4v) is 2.39. The van der Waals surface area contributed by atoms with Gasteiger partial charge in [0.25, 0.3) is 5.91 Å². The number of nitrogens with zero attached hydrogens (tertiary/aromatic N) is 1. The molecule has 3 rings (SSSR count). The van der Waals surface area contributed by atoms with E-state index in [1.807, 2.05) is 38.1 Å². The van der Waals surface area contributed by atoms with Gasteiger partial charge in [0.15, 0.2) is 0 Å². The van der Waals surface area contributed by atoms with Crippen LogP contribution in [0.3, 0.4) is 0 Å². The van der Waals surface area contributed by atoms with Gasteiger partial charge in [-0.2, -0.15) is 5.10 Å². The van der Waals surface area contributed by atoms with Crippen molar-refractivity contribution in [1.29, 1.82) is 0 Å². The minimum absolute atomic E-state index is 0.0689. The van der Waals surface area contributed by atoms with Crippen molar-refractivity contribution in [3.05, 3.63) is 53.0 Å². The Bertz CT molecular complexity index is 769. The Hall–Kier alpha value is -2.56. The summed E-state index contributed by atoms with van der Waals surface area (Å²) in [6.07, 6.45) is 1.73. The molecule has 0 bridgehead atoms. The van der Waals surface area contributed by atoms with E-state index in [9.17, 15) is 4.79 Å². The topological polar surface area (TPSA) is 73.6 Å². The maximum absolute atomic E-state index is 12.4. The predicted molar refractivity (Wildman–Crippen MR) is 77.5 cm³/mol. The first-order valence-electron chi connectivity index (χ1n) is 6.51. The van der Waals surface area contributed by atoms with E-state index in [-0.39, 0.29) is 5.91 Å². The molecule has 0 fully saturated rings. The molecular formula is C15H16N4O. The first-order chi connectivity index (χ1) is 9.66. The van der Waals surface area contributed by atoms with Crippen LogP contribution in [-0.4, -0.2) is 21.1 Å². The van der Waals surface area contributed by atoms with Crippen molar-refractivity contribution in [3.8, 4) is 0 Å². The maximum Gasteiger partial charge on any atom is 0.253 e. The zero-order valence-corrected chi connectivity index (χ0v) is 11.4. The molecule has 1 aromatic carbocycles.